The number of rotatable bonds is 4. The van der Waals surface area contributed by atoms with Crippen molar-refractivity contribution in [1.82, 2.24) is 4.90 Å². The van der Waals surface area contributed by atoms with Crippen LogP contribution in [0.4, 0.5) is 5.69 Å². The van der Waals surface area contributed by atoms with Crippen LogP contribution in [0.1, 0.15) is 30.6 Å². The summed E-state index contributed by atoms with van der Waals surface area (Å²) in [4.78, 5) is 25.0. The molecule has 0 spiro atoms. The van der Waals surface area contributed by atoms with Crippen LogP contribution in [-0.2, 0) is 4.74 Å². The zero-order valence-electron chi connectivity index (χ0n) is 12.3. The summed E-state index contributed by atoms with van der Waals surface area (Å²) in [6, 6.07) is 6.08. The van der Waals surface area contributed by atoms with E-state index in [4.69, 9.17) is 4.74 Å². The van der Waals surface area contributed by atoms with E-state index in [9.17, 15) is 14.9 Å². The van der Waals surface area contributed by atoms with Crippen molar-refractivity contribution >= 4 is 11.6 Å². The highest BCUT2D eigenvalue weighted by Gasteiger charge is 2.31. The Kier molecular flexibility index (Phi) is 4.90. The highest BCUT2D eigenvalue weighted by atomic mass is 16.6. The summed E-state index contributed by atoms with van der Waals surface area (Å²) in [5.41, 5.74) is 0.00967. The molecule has 1 heterocycles. The highest BCUT2D eigenvalue weighted by molar-refractivity contribution is 5.98. The van der Waals surface area contributed by atoms with Gasteiger partial charge in [0.25, 0.3) is 11.6 Å². The van der Waals surface area contributed by atoms with Crippen LogP contribution in [0.2, 0.25) is 0 Å². The van der Waals surface area contributed by atoms with Gasteiger partial charge in [0, 0.05) is 12.6 Å². The van der Waals surface area contributed by atoms with Gasteiger partial charge in [0.05, 0.1) is 24.2 Å². The van der Waals surface area contributed by atoms with Gasteiger partial charge >= 0.3 is 0 Å². The predicted molar refractivity (Wildman–Crippen MR) is 78.2 cm³/mol. The monoisotopic (exact) mass is 292 g/mol. The summed E-state index contributed by atoms with van der Waals surface area (Å²) in [7, 11) is 0. The molecule has 2 rings (SSSR count). The molecule has 114 valence electrons. The Bertz CT molecular complexity index is 530. The molecule has 0 saturated carbocycles. The molecule has 0 unspecified atom stereocenters. The van der Waals surface area contributed by atoms with Crippen molar-refractivity contribution in [3.8, 4) is 0 Å². The molecule has 1 fully saturated rings. The van der Waals surface area contributed by atoms with Crippen LogP contribution in [0.25, 0.3) is 0 Å². The maximum Gasteiger partial charge on any atom is 0.282 e. The van der Waals surface area contributed by atoms with E-state index in [1.807, 2.05) is 0 Å². The fourth-order valence-corrected chi connectivity index (χ4v) is 2.63. The minimum Gasteiger partial charge on any atom is -0.377 e. The SMILES string of the molecule is CC(C)C[C@H]1COCCN1C(=O)c1ccccc1[N+](=O)[O-]. The van der Waals surface area contributed by atoms with E-state index in [1.165, 1.54) is 12.1 Å². The molecular formula is C15H20N2O4. The molecule has 1 atom stereocenters. The molecule has 1 aromatic carbocycles. The van der Waals surface area contributed by atoms with Crippen molar-refractivity contribution in [2.75, 3.05) is 19.8 Å². The predicted octanol–water partition coefficient (Wildman–Crippen LogP) is 2.48. The third-order valence-corrected chi connectivity index (χ3v) is 3.56. The molecular weight excluding hydrogens is 272 g/mol. The quantitative estimate of drug-likeness (QED) is 0.631. The summed E-state index contributed by atoms with van der Waals surface area (Å²) in [5.74, 6) is 0.147. The molecule has 0 bridgehead atoms. The second-order valence-electron chi connectivity index (χ2n) is 5.63. The molecule has 21 heavy (non-hydrogen) atoms. The van der Waals surface area contributed by atoms with Crippen LogP contribution in [0.3, 0.4) is 0 Å². The first-order valence-corrected chi connectivity index (χ1v) is 7.13. The van der Waals surface area contributed by atoms with E-state index in [2.05, 4.69) is 13.8 Å². The number of para-hydroxylation sites is 1. The molecule has 0 aromatic heterocycles. The summed E-state index contributed by atoms with van der Waals surface area (Å²) >= 11 is 0. The largest absolute Gasteiger partial charge is 0.377 e. The van der Waals surface area contributed by atoms with E-state index in [1.54, 1.807) is 17.0 Å². The smallest absolute Gasteiger partial charge is 0.282 e. The number of nitro groups is 1. The Morgan fingerprint density at radius 1 is 1.48 bits per heavy atom. The standard InChI is InChI=1S/C15H20N2O4/c1-11(2)9-12-10-21-8-7-16(12)15(18)13-5-3-4-6-14(13)17(19)20/h3-6,11-12H,7-10H2,1-2H3/t12-/m0/s1. The van der Waals surface area contributed by atoms with Crippen LogP contribution < -0.4 is 0 Å². The van der Waals surface area contributed by atoms with Gasteiger partial charge in [0.15, 0.2) is 0 Å². The van der Waals surface area contributed by atoms with Gasteiger partial charge in [-0.15, -0.1) is 0 Å². The van der Waals surface area contributed by atoms with E-state index in [0.717, 1.165) is 6.42 Å². The molecule has 6 nitrogen and oxygen atoms in total. The average Bonchev–Trinajstić information content (AvgIpc) is 2.46. The minimum atomic E-state index is -0.509. The van der Waals surface area contributed by atoms with E-state index < -0.39 is 4.92 Å². The second kappa shape index (κ2) is 6.67. The Morgan fingerprint density at radius 3 is 2.86 bits per heavy atom. The first-order chi connectivity index (χ1) is 10.0. The second-order valence-corrected chi connectivity index (χ2v) is 5.63. The maximum atomic E-state index is 12.7. The van der Waals surface area contributed by atoms with Crippen LogP contribution in [0, 0.1) is 16.0 Å². The van der Waals surface area contributed by atoms with E-state index >= 15 is 0 Å². The lowest BCUT2D eigenvalue weighted by Crippen LogP contribution is -2.49. The van der Waals surface area contributed by atoms with E-state index in [-0.39, 0.29) is 23.2 Å². The lowest BCUT2D eigenvalue weighted by atomic mass is 10.0. The number of amides is 1. The minimum absolute atomic E-state index is 0.0222. The van der Waals surface area contributed by atoms with Crippen molar-refractivity contribution in [3.05, 3.63) is 39.9 Å². The lowest BCUT2D eigenvalue weighted by molar-refractivity contribution is -0.385. The number of nitro benzene ring substituents is 1. The zero-order valence-corrected chi connectivity index (χ0v) is 12.3. The van der Waals surface area contributed by atoms with Crippen LogP contribution in [0.15, 0.2) is 24.3 Å². The first-order valence-electron chi connectivity index (χ1n) is 7.13. The van der Waals surface area contributed by atoms with Gasteiger partial charge < -0.3 is 9.64 Å². The molecule has 6 heteroatoms. The summed E-state index contributed by atoms with van der Waals surface area (Å²) in [5, 5.41) is 11.1. The van der Waals surface area contributed by atoms with Gasteiger partial charge in [-0.25, -0.2) is 0 Å². The van der Waals surface area contributed by atoms with Crippen molar-refractivity contribution < 1.29 is 14.5 Å². The highest BCUT2D eigenvalue weighted by Crippen LogP contribution is 2.23. The van der Waals surface area contributed by atoms with Crippen molar-refractivity contribution in [2.45, 2.75) is 26.3 Å². The summed E-state index contributed by atoms with van der Waals surface area (Å²) in [6.45, 7) is 5.61. The Hall–Kier alpha value is -1.95. The normalized spacial score (nSPS) is 18.8. The third kappa shape index (κ3) is 3.58. The molecule has 1 aliphatic rings. The third-order valence-electron chi connectivity index (χ3n) is 3.56. The number of hydrogen-bond donors (Lipinski definition) is 0. The Morgan fingerprint density at radius 2 is 2.19 bits per heavy atom. The van der Waals surface area contributed by atoms with Gasteiger partial charge in [-0.2, -0.15) is 0 Å². The molecule has 1 aliphatic heterocycles. The van der Waals surface area contributed by atoms with Crippen LogP contribution in [-0.4, -0.2) is 41.5 Å². The topological polar surface area (TPSA) is 72.7 Å². The summed E-state index contributed by atoms with van der Waals surface area (Å²) in [6.07, 6.45) is 0.826. The molecule has 1 aromatic rings. The van der Waals surface area contributed by atoms with Gasteiger partial charge in [0.2, 0.25) is 0 Å². The number of ether oxygens (including phenoxy) is 1. The van der Waals surface area contributed by atoms with E-state index in [0.29, 0.717) is 25.7 Å². The Labute approximate surface area is 123 Å². The van der Waals surface area contributed by atoms with Crippen molar-refractivity contribution in [2.24, 2.45) is 5.92 Å². The fraction of sp³-hybridized carbons (Fsp3) is 0.533. The number of hydrogen-bond acceptors (Lipinski definition) is 4. The number of benzene rings is 1. The number of carbonyl (C=O) groups excluding carboxylic acids is 1. The number of morpholine rings is 1. The molecule has 1 amide bonds. The number of carbonyl (C=O) groups is 1. The first kappa shape index (κ1) is 15.4. The zero-order chi connectivity index (χ0) is 15.4. The number of nitrogens with zero attached hydrogens (tertiary/aromatic N) is 2. The van der Waals surface area contributed by atoms with Gasteiger partial charge in [-0.3, -0.25) is 14.9 Å². The van der Waals surface area contributed by atoms with Crippen molar-refractivity contribution in [3.63, 3.8) is 0 Å². The maximum absolute atomic E-state index is 12.7. The van der Waals surface area contributed by atoms with Crippen LogP contribution >= 0.6 is 0 Å². The molecule has 0 aliphatic carbocycles. The van der Waals surface area contributed by atoms with Crippen LogP contribution in [0.5, 0.6) is 0 Å². The lowest BCUT2D eigenvalue weighted by Gasteiger charge is -2.36. The average molecular weight is 292 g/mol. The molecule has 0 radical (unpaired) electrons. The Balaban J connectivity index is 2.27. The summed E-state index contributed by atoms with van der Waals surface area (Å²) < 4.78 is 5.45. The van der Waals surface area contributed by atoms with Gasteiger partial charge in [0.1, 0.15) is 5.56 Å². The van der Waals surface area contributed by atoms with Gasteiger partial charge in [-0.05, 0) is 18.4 Å². The molecule has 0 N–H and O–H groups in total. The van der Waals surface area contributed by atoms with Gasteiger partial charge in [-0.1, -0.05) is 26.0 Å². The fourth-order valence-electron chi connectivity index (χ4n) is 2.63. The molecule has 1 saturated heterocycles. The van der Waals surface area contributed by atoms with Crippen molar-refractivity contribution in [1.29, 1.82) is 0 Å².